The Morgan fingerprint density at radius 1 is 0.957 bits per heavy atom. The number of methoxy groups -OCH3 is 1. The fourth-order valence-corrected chi connectivity index (χ4v) is 5.87. The highest BCUT2D eigenvalue weighted by Crippen LogP contribution is 2.46. The molecule has 1 N–H and O–H groups in total. The standard InChI is InChI=1S/C35H31F2N3O6/c1-42-31-20-26-28(21-32(31)43-18-6-17-40-15-2-3-16-40)38-14-13-29(26)44-23-11-12-24-22(19-23)7-4-8-25(24)34(41)39-27-9-5-10-30-33(27)46-35(36,37)45-30/h4-5,7-14,19-21H,2-3,6,15-18H2,1H3,(H,39,41). The first kappa shape index (κ1) is 29.5. The zero-order valence-electron chi connectivity index (χ0n) is 25.1. The first-order chi connectivity index (χ1) is 22.4. The molecule has 0 bridgehead atoms. The average molecular weight is 628 g/mol. The summed E-state index contributed by atoms with van der Waals surface area (Å²) in [7, 11) is 1.60. The van der Waals surface area contributed by atoms with E-state index in [-0.39, 0.29) is 17.2 Å². The molecule has 9 nitrogen and oxygen atoms in total. The number of nitrogens with zero attached hydrogens (tertiary/aromatic N) is 2. The fourth-order valence-electron chi connectivity index (χ4n) is 5.87. The summed E-state index contributed by atoms with van der Waals surface area (Å²) in [6.45, 7) is 3.92. The number of benzene rings is 4. The van der Waals surface area contributed by atoms with E-state index in [9.17, 15) is 13.6 Å². The average Bonchev–Trinajstić information content (AvgIpc) is 3.69. The SMILES string of the molecule is COc1cc2c(Oc3ccc4c(C(=O)Nc5cccc6c5OC(F)(F)O6)cccc4c3)ccnc2cc1OCCCN1CCCC1. The topological polar surface area (TPSA) is 91.4 Å². The number of ether oxygens (including phenoxy) is 5. The number of rotatable bonds is 10. The zero-order chi connectivity index (χ0) is 31.7. The lowest BCUT2D eigenvalue weighted by atomic mass is 10.0. The minimum absolute atomic E-state index is 0.0762. The number of alkyl halides is 2. The number of halogens is 2. The van der Waals surface area contributed by atoms with Gasteiger partial charge in [-0.25, -0.2) is 0 Å². The number of pyridine rings is 1. The number of amides is 1. The van der Waals surface area contributed by atoms with E-state index in [1.54, 1.807) is 43.6 Å². The van der Waals surface area contributed by atoms with E-state index in [4.69, 9.17) is 14.2 Å². The molecule has 1 fully saturated rings. The Labute approximate surface area is 263 Å². The lowest BCUT2D eigenvalue weighted by Gasteiger charge is -2.16. The van der Waals surface area contributed by atoms with Crippen molar-refractivity contribution in [3.63, 3.8) is 0 Å². The van der Waals surface area contributed by atoms with Gasteiger partial charge in [-0.3, -0.25) is 9.78 Å². The Morgan fingerprint density at radius 2 is 1.80 bits per heavy atom. The van der Waals surface area contributed by atoms with Crippen molar-refractivity contribution < 1.29 is 37.3 Å². The van der Waals surface area contributed by atoms with Crippen LogP contribution in [0.1, 0.15) is 29.6 Å². The quantitative estimate of drug-likeness (QED) is 0.158. The van der Waals surface area contributed by atoms with Crippen molar-refractivity contribution in [2.24, 2.45) is 0 Å². The van der Waals surface area contributed by atoms with Gasteiger partial charge in [0.1, 0.15) is 11.5 Å². The summed E-state index contributed by atoms with van der Waals surface area (Å²) < 4.78 is 54.4. The van der Waals surface area contributed by atoms with Crippen molar-refractivity contribution in [2.75, 3.05) is 38.7 Å². The van der Waals surface area contributed by atoms with Gasteiger partial charge in [-0.15, -0.1) is 8.78 Å². The van der Waals surface area contributed by atoms with E-state index in [1.165, 1.54) is 31.0 Å². The van der Waals surface area contributed by atoms with Crippen LogP contribution in [0.25, 0.3) is 21.7 Å². The van der Waals surface area contributed by atoms with Gasteiger partial charge >= 0.3 is 6.29 Å². The molecule has 0 spiro atoms. The number of carbonyl (C=O) groups excluding carboxylic acids is 1. The summed E-state index contributed by atoms with van der Waals surface area (Å²) in [5.41, 5.74) is 1.12. The van der Waals surface area contributed by atoms with Crippen molar-refractivity contribution in [1.29, 1.82) is 0 Å². The second-order valence-electron chi connectivity index (χ2n) is 11.1. The third kappa shape index (κ3) is 6.05. The molecular formula is C35H31F2N3O6. The number of carbonyl (C=O) groups is 1. The molecule has 1 amide bonds. The molecule has 1 aromatic heterocycles. The molecule has 46 heavy (non-hydrogen) atoms. The molecule has 3 heterocycles. The Hall–Kier alpha value is -5.16. The molecule has 5 aromatic rings. The highest BCUT2D eigenvalue weighted by Gasteiger charge is 2.44. The van der Waals surface area contributed by atoms with Gasteiger partial charge in [0.25, 0.3) is 5.91 Å². The maximum atomic E-state index is 13.6. The van der Waals surface area contributed by atoms with Crippen LogP contribution in [-0.4, -0.2) is 55.4 Å². The maximum Gasteiger partial charge on any atom is 0.586 e. The van der Waals surface area contributed by atoms with Crippen LogP contribution in [-0.2, 0) is 0 Å². The molecule has 1 saturated heterocycles. The van der Waals surface area contributed by atoms with Crippen LogP contribution in [0.2, 0.25) is 0 Å². The Bertz CT molecular complexity index is 1930. The second kappa shape index (κ2) is 12.3. The van der Waals surface area contributed by atoms with Crippen LogP contribution in [0.5, 0.6) is 34.5 Å². The van der Waals surface area contributed by atoms with Gasteiger partial charge < -0.3 is 33.9 Å². The third-order valence-electron chi connectivity index (χ3n) is 8.06. The monoisotopic (exact) mass is 627 g/mol. The molecule has 236 valence electrons. The van der Waals surface area contributed by atoms with E-state index in [2.05, 4.69) is 24.7 Å². The third-order valence-corrected chi connectivity index (χ3v) is 8.06. The summed E-state index contributed by atoms with van der Waals surface area (Å²) >= 11 is 0. The minimum atomic E-state index is -3.80. The van der Waals surface area contributed by atoms with Gasteiger partial charge in [0.05, 0.1) is 24.9 Å². The number of para-hydroxylation sites is 1. The van der Waals surface area contributed by atoms with Crippen molar-refractivity contribution in [3.8, 4) is 34.5 Å². The van der Waals surface area contributed by atoms with Crippen molar-refractivity contribution >= 4 is 33.3 Å². The van der Waals surface area contributed by atoms with Crippen LogP contribution in [0.3, 0.4) is 0 Å². The molecule has 0 atom stereocenters. The van der Waals surface area contributed by atoms with E-state index in [1.807, 2.05) is 24.3 Å². The number of anilines is 1. The summed E-state index contributed by atoms with van der Waals surface area (Å²) in [6.07, 6.45) is 1.34. The molecule has 0 aliphatic carbocycles. The molecule has 0 saturated carbocycles. The number of likely N-dealkylation sites (tertiary alicyclic amines) is 1. The molecular weight excluding hydrogens is 596 g/mol. The normalized spacial score (nSPS) is 15.3. The molecule has 0 radical (unpaired) electrons. The highest BCUT2D eigenvalue weighted by atomic mass is 19.3. The summed E-state index contributed by atoms with van der Waals surface area (Å²) in [6, 6.07) is 20.4. The number of aromatic nitrogens is 1. The van der Waals surface area contributed by atoms with Gasteiger partial charge in [0, 0.05) is 29.8 Å². The van der Waals surface area contributed by atoms with Crippen molar-refractivity contribution in [2.45, 2.75) is 25.6 Å². The van der Waals surface area contributed by atoms with Crippen LogP contribution >= 0.6 is 0 Å². The Morgan fingerprint density at radius 3 is 2.65 bits per heavy atom. The van der Waals surface area contributed by atoms with E-state index >= 15 is 0 Å². The summed E-state index contributed by atoms with van der Waals surface area (Å²) in [4.78, 5) is 20.3. The maximum absolute atomic E-state index is 13.6. The minimum Gasteiger partial charge on any atom is -0.493 e. The van der Waals surface area contributed by atoms with Crippen LogP contribution in [0.4, 0.5) is 14.5 Å². The predicted octanol–water partition coefficient (Wildman–Crippen LogP) is 7.63. The van der Waals surface area contributed by atoms with Gasteiger partial charge in [0.2, 0.25) is 0 Å². The molecule has 7 rings (SSSR count). The van der Waals surface area contributed by atoms with E-state index in [0.717, 1.165) is 36.8 Å². The number of nitrogens with one attached hydrogen (secondary N) is 1. The predicted molar refractivity (Wildman–Crippen MR) is 169 cm³/mol. The molecule has 11 heteroatoms. The van der Waals surface area contributed by atoms with E-state index < -0.39 is 12.2 Å². The number of fused-ring (bicyclic) bond motifs is 3. The van der Waals surface area contributed by atoms with Gasteiger partial charge in [-0.2, -0.15) is 0 Å². The largest absolute Gasteiger partial charge is 0.586 e. The smallest absolute Gasteiger partial charge is 0.493 e. The molecule has 2 aliphatic heterocycles. The Kier molecular flexibility index (Phi) is 7.91. The molecule has 4 aromatic carbocycles. The number of hydrogen-bond acceptors (Lipinski definition) is 8. The van der Waals surface area contributed by atoms with E-state index in [0.29, 0.717) is 46.1 Å². The van der Waals surface area contributed by atoms with Crippen LogP contribution in [0.15, 0.2) is 79.0 Å². The fraction of sp³-hybridized carbons (Fsp3) is 0.257. The lowest BCUT2D eigenvalue weighted by Crippen LogP contribution is -2.26. The second-order valence-corrected chi connectivity index (χ2v) is 11.1. The molecule has 2 aliphatic rings. The summed E-state index contributed by atoms with van der Waals surface area (Å²) in [5.74, 6) is 1.47. The summed E-state index contributed by atoms with van der Waals surface area (Å²) in [5, 5.41) is 4.81. The van der Waals surface area contributed by atoms with Crippen LogP contribution in [0, 0.1) is 0 Å². The first-order valence-corrected chi connectivity index (χ1v) is 15.1. The first-order valence-electron chi connectivity index (χ1n) is 15.1. The number of hydrogen-bond donors (Lipinski definition) is 1. The van der Waals surface area contributed by atoms with Crippen molar-refractivity contribution in [3.05, 3.63) is 84.6 Å². The van der Waals surface area contributed by atoms with Crippen molar-refractivity contribution in [1.82, 2.24) is 9.88 Å². The van der Waals surface area contributed by atoms with Crippen LogP contribution < -0.4 is 29.0 Å². The van der Waals surface area contributed by atoms with Gasteiger partial charge in [-0.1, -0.05) is 18.2 Å². The van der Waals surface area contributed by atoms with Gasteiger partial charge in [-0.05, 0) is 91.7 Å². The highest BCUT2D eigenvalue weighted by molar-refractivity contribution is 6.13. The Balaban J connectivity index is 1.09. The lowest BCUT2D eigenvalue weighted by molar-refractivity contribution is -0.286. The molecule has 0 unspecified atom stereocenters. The van der Waals surface area contributed by atoms with Gasteiger partial charge in [0.15, 0.2) is 23.0 Å². The zero-order valence-corrected chi connectivity index (χ0v) is 25.1.